The summed E-state index contributed by atoms with van der Waals surface area (Å²) in [5.74, 6) is 1.57. The van der Waals surface area contributed by atoms with Crippen LogP contribution in [-0.2, 0) is 0 Å². The maximum Gasteiger partial charge on any atom is 0.246 e. The van der Waals surface area contributed by atoms with Crippen molar-refractivity contribution in [2.45, 2.75) is 6.92 Å². The van der Waals surface area contributed by atoms with Crippen LogP contribution in [0.1, 0.15) is 12.5 Å². The number of rotatable bonds is 5. The lowest BCUT2D eigenvalue weighted by Gasteiger charge is -2.06. The Balaban J connectivity index is 1.58. The van der Waals surface area contributed by atoms with E-state index in [1.807, 2.05) is 31.2 Å². The van der Waals surface area contributed by atoms with Crippen LogP contribution in [0.4, 0.5) is 11.6 Å². The van der Waals surface area contributed by atoms with Crippen LogP contribution in [0.5, 0.6) is 5.75 Å². The molecule has 0 aliphatic heterocycles. The fourth-order valence-electron chi connectivity index (χ4n) is 2.64. The molecule has 2 aromatic heterocycles. The number of nitriles is 1. The molecule has 4 aromatic rings. The zero-order valence-corrected chi connectivity index (χ0v) is 13.9. The van der Waals surface area contributed by atoms with Crippen molar-refractivity contribution < 1.29 is 4.74 Å². The van der Waals surface area contributed by atoms with E-state index >= 15 is 0 Å². The summed E-state index contributed by atoms with van der Waals surface area (Å²) in [6.45, 7) is 2.38. The van der Waals surface area contributed by atoms with Gasteiger partial charge in [-0.05, 0) is 43.3 Å². The highest BCUT2D eigenvalue weighted by Gasteiger charge is 2.10. The number of fused-ring (bicyclic) bond motifs is 1. The van der Waals surface area contributed by atoms with Gasteiger partial charge in [-0.2, -0.15) is 15.3 Å². The summed E-state index contributed by atoms with van der Waals surface area (Å²) in [5.41, 5.74) is 3.04. The van der Waals surface area contributed by atoms with Gasteiger partial charge in [-0.25, -0.2) is 0 Å². The van der Waals surface area contributed by atoms with Gasteiger partial charge < -0.3 is 10.1 Å². The topological polar surface area (TPSA) is 115 Å². The second-order valence-electron chi connectivity index (χ2n) is 5.56. The molecule has 0 aliphatic rings. The summed E-state index contributed by atoms with van der Waals surface area (Å²) in [4.78, 5) is 4.44. The molecular formula is C18H15N7O. The Bertz CT molecular complexity index is 1110. The van der Waals surface area contributed by atoms with E-state index < -0.39 is 0 Å². The second-order valence-corrected chi connectivity index (χ2v) is 5.56. The van der Waals surface area contributed by atoms with Crippen LogP contribution in [0.3, 0.4) is 0 Å². The Morgan fingerprint density at radius 3 is 2.96 bits per heavy atom. The lowest BCUT2D eigenvalue weighted by Crippen LogP contribution is -1.95. The van der Waals surface area contributed by atoms with Crippen LogP contribution in [0.2, 0.25) is 0 Å². The normalized spacial score (nSPS) is 10.6. The molecule has 0 aliphatic carbocycles. The van der Waals surface area contributed by atoms with Crippen molar-refractivity contribution >= 4 is 22.5 Å². The Morgan fingerprint density at radius 1 is 1.19 bits per heavy atom. The summed E-state index contributed by atoms with van der Waals surface area (Å²) in [7, 11) is 0. The van der Waals surface area contributed by atoms with E-state index in [-0.39, 0.29) is 0 Å². The molecule has 8 heteroatoms. The summed E-state index contributed by atoms with van der Waals surface area (Å²) < 4.78 is 5.44. The van der Waals surface area contributed by atoms with Gasteiger partial charge in [-0.15, -0.1) is 5.10 Å². The molecule has 0 amide bonds. The van der Waals surface area contributed by atoms with E-state index in [1.165, 1.54) is 0 Å². The maximum absolute atomic E-state index is 9.29. The van der Waals surface area contributed by atoms with Gasteiger partial charge >= 0.3 is 0 Å². The van der Waals surface area contributed by atoms with Gasteiger partial charge in [0.2, 0.25) is 5.95 Å². The van der Waals surface area contributed by atoms with Crippen molar-refractivity contribution in [1.82, 2.24) is 25.4 Å². The first-order valence-electron chi connectivity index (χ1n) is 8.06. The van der Waals surface area contributed by atoms with Crippen LogP contribution >= 0.6 is 0 Å². The Kier molecular flexibility index (Phi) is 3.95. The quantitative estimate of drug-likeness (QED) is 0.511. The van der Waals surface area contributed by atoms with Crippen LogP contribution < -0.4 is 10.1 Å². The molecule has 0 saturated carbocycles. The Morgan fingerprint density at radius 2 is 2.12 bits per heavy atom. The molecule has 4 rings (SSSR count). The van der Waals surface area contributed by atoms with Gasteiger partial charge in [0.25, 0.3) is 0 Å². The maximum atomic E-state index is 9.29. The molecule has 2 aromatic carbocycles. The zero-order chi connectivity index (χ0) is 17.9. The number of ether oxygens (including phenoxy) is 1. The van der Waals surface area contributed by atoms with Crippen LogP contribution in [0.15, 0.2) is 42.6 Å². The number of benzene rings is 2. The van der Waals surface area contributed by atoms with Crippen LogP contribution in [-0.4, -0.2) is 32.0 Å². The number of hydrogen-bond acceptors (Lipinski definition) is 6. The number of aromatic nitrogens is 5. The molecule has 0 spiro atoms. The second kappa shape index (κ2) is 6.57. The largest absolute Gasteiger partial charge is 0.492 e. The predicted octanol–water partition coefficient (Wildman–Crippen LogP) is 3.36. The van der Waals surface area contributed by atoms with Gasteiger partial charge in [0.15, 0.2) is 5.82 Å². The molecule has 0 unspecified atom stereocenters. The minimum atomic E-state index is 0.440. The molecule has 0 saturated heterocycles. The van der Waals surface area contributed by atoms with Gasteiger partial charge in [0, 0.05) is 16.6 Å². The first-order valence-corrected chi connectivity index (χ1v) is 8.06. The number of anilines is 2. The minimum Gasteiger partial charge on any atom is -0.492 e. The molecule has 8 nitrogen and oxygen atoms in total. The SMILES string of the molecule is CCOc1ccc(-c2nc(Nc3ccc4[nH]ncc4c3)n[nH]2)cc1C#N. The van der Waals surface area contributed by atoms with Crippen molar-refractivity contribution in [2.24, 2.45) is 0 Å². The van der Waals surface area contributed by atoms with E-state index in [2.05, 4.69) is 36.8 Å². The van der Waals surface area contributed by atoms with E-state index in [0.29, 0.717) is 29.7 Å². The highest BCUT2D eigenvalue weighted by atomic mass is 16.5. The first-order chi connectivity index (χ1) is 12.8. The van der Waals surface area contributed by atoms with Crippen LogP contribution in [0, 0.1) is 11.3 Å². The number of aromatic amines is 2. The number of hydrogen-bond donors (Lipinski definition) is 3. The van der Waals surface area contributed by atoms with Gasteiger partial charge in [-0.1, -0.05) is 0 Å². The third-order valence-corrected chi connectivity index (χ3v) is 3.86. The van der Waals surface area contributed by atoms with Gasteiger partial charge in [0.05, 0.1) is 23.9 Å². The van der Waals surface area contributed by atoms with Crippen molar-refractivity contribution in [2.75, 3.05) is 11.9 Å². The van der Waals surface area contributed by atoms with E-state index in [4.69, 9.17) is 4.74 Å². The third kappa shape index (κ3) is 2.93. The molecule has 0 bridgehead atoms. The van der Waals surface area contributed by atoms with Crippen molar-refractivity contribution in [3.63, 3.8) is 0 Å². The van der Waals surface area contributed by atoms with Crippen LogP contribution in [0.25, 0.3) is 22.3 Å². The molecule has 0 fully saturated rings. The van der Waals surface area contributed by atoms with E-state index in [1.54, 1.807) is 18.3 Å². The number of H-pyrrole nitrogens is 2. The summed E-state index contributed by atoms with van der Waals surface area (Å²) >= 11 is 0. The first kappa shape index (κ1) is 15.7. The monoisotopic (exact) mass is 345 g/mol. The lowest BCUT2D eigenvalue weighted by molar-refractivity contribution is 0.339. The highest BCUT2D eigenvalue weighted by molar-refractivity contribution is 5.82. The van der Waals surface area contributed by atoms with E-state index in [0.717, 1.165) is 22.2 Å². The standard InChI is InChI=1S/C18H15N7O/c1-2-26-16-6-3-11(7-12(16)9-19)17-22-18(25-24-17)21-14-4-5-15-13(8-14)10-20-23-15/h3-8,10H,2H2,1H3,(H,20,23)(H2,21,22,24,25). The average molecular weight is 345 g/mol. The molecule has 0 radical (unpaired) electrons. The van der Waals surface area contributed by atoms with Crippen molar-refractivity contribution in [3.05, 3.63) is 48.2 Å². The Labute approximate surface area is 148 Å². The molecule has 0 atom stereocenters. The minimum absolute atomic E-state index is 0.440. The lowest BCUT2D eigenvalue weighted by atomic mass is 10.1. The molecule has 3 N–H and O–H groups in total. The highest BCUT2D eigenvalue weighted by Crippen LogP contribution is 2.26. The average Bonchev–Trinajstić information content (AvgIpc) is 3.31. The van der Waals surface area contributed by atoms with Crippen molar-refractivity contribution in [1.29, 1.82) is 5.26 Å². The molecular weight excluding hydrogens is 330 g/mol. The van der Waals surface area contributed by atoms with Gasteiger partial charge in [0.1, 0.15) is 11.8 Å². The molecule has 2 heterocycles. The third-order valence-electron chi connectivity index (χ3n) is 3.86. The Hall–Kier alpha value is -3.86. The van der Waals surface area contributed by atoms with E-state index in [9.17, 15) is 5.26 Å². The number of nitrogens with zero attached hydrogens (tertiary/aromatic N) is 4. The van der Waals surface area contributed by atoms with Gasteiger partial charge in [-0.3, -0.25) is 10.2 Å². The fourth-order valence-corrected chi connectivity index (χ4v) is 2.64. The summed E-state index contributed by atoms with van der Waals surface area (Å²) in [6.07, 6.45) is 1.76. The summed E-state index contributed by atoms with van der Waals surface area (Å²) in [6, 6.07) is 13.3. The predicted molar refractivity (Wildman–Crippen MR) is 97.1 cm³/mol. The molecule has 26 heavy (non-hydrogen) atoms. The fraction of sp³-hybridized carbons (Fsp3) is 0.111. The smallest absolute Gasteiger partial charge is 0.246 e. The summed E-state index contributed by atoms with van der Waals surface area (Å²) in [5, 5.41) is 27.4. The number of nitrogens with one attached hydrogen (secondary N) is 3. The molecule has 128 valence electrons. The zero-order valence-electron chi connectivity index (χ0n) is 13.9. The van der Waals surface area contributed by atoms with Crippen molar-refractivity contribution in [3.8, 4) is 23.2 Å².